The maximum Gasteiger partial charge on any atom is 0.223 e. The Kier molecular flexibility index (Phi) is 8.65. The van der Waals surface area contributed by atoms with E-state index in [1.807, 2.05) is 32.2 Å². The highest BCUT2D eigenvalue weighted by Gasteiger charge is 2.50. The Balaban J connectivity index is 1.85. The molecule has 2 heterocycles. The fourth-order valence-corrected chi connectivity index (χ4v) is 6.25. The van der Waals surface area contributed by atoms with E-state index in [4.69, 9.17) is 0 Å². The third-order valence-electron chi connectivity index (χ3n) is 8.72. The highest BCUT2D eigenvalue weighted by atomic mass is 32.1. The van der Waals surface area contributed by atoms with Gasteiger partial charge in [-0.15, -0.1) is 11.3 Å². The third kappa shape index (κ3) is 6.60. The van der Waals surface area contributed by atoms with E-state index in [0.717, 1.165) is 48.4 Å². The number of nitrogens with zero attached hydrogens (tertiary/aromatic N) is 1. The maximum atomic E-state index is 13.3. The van der Waals surface area contributed by atoms with Gasteiger partial charge in [-0.25, -0.2) is 4.98 Å². The van der Waals surface area contributed by atoms with E-state index in [1.165, 1.54) is 0 Å². The van der Waals surface area contributed by atoms with Crippen LogP contribution in [-0.4, -0.2) is 45.1 Å². The second kappa shape index (κ2) is 10.8. The Hall–Kier alpha value is -1.57. The van der Waals surface area contributed by atoms with Gasteiger partial charge in [0.05, 0.1) is 40.8 Å². The molecule has 1 aromatic heterocycles. The summed E-state index contributed by atoms with van der Waals surface area (Å²) in [5, 5.41) is 28.0. The first kappa shape index (κ1) is 28.0. The van der Waals surface area contributed by atoms with Gasteiger partial charge in [-0.1, -0.05) is 41.0 Å². The molecular weight excluding hydrogens is 460 g/mol. The lowest BCUT2D eigenvalue weighted by atomic mass is 9.72. The van der Waals surface area contributed by atoms with Crippen molar-refractivity contribution >= 4 is 29.1 Å². The number of aliphatic hydroxyl groups is 2. The second-order valence-corrected chi connectivity index (χ2v) is 13.1. The summed E-state index contributed by atoms with van der Waals surface area (Å²) in [6, 6.07) is -0.144. The standard InChI is InChI=1S/C28H44N2O4S/c1-16-9-8-10-28(7)14-20(28)12-22(17(2)11-21-15-35-19(4)29-21)30-24(32)13-23(31)27(5,6)26(34)18(3)25(16)33/h11,15-16,18,20,22-23,25,31,33H,8-10,12-14H2,1-7H3,(H,30,32)/t16?,18-,20-,22+,23+,25+,28+/m1/s1. The summed E-state index contributed by atoms with van der Waals surface area (Å²) in [4.78, 5) is 30.9. The molecule has 1 saturated heterocycles. The van der Waals surface area contributed by atoms with Gasteiger partial charge in [0.1, 0.15) is 5.78 Å². The summed E-state index contributed by atoms with van der Waals surface area (Å²) in [5.74, 6) is -0.553. The lowest BCUT2D eigenvalue weighted by molar-refractivity contribution is -0.143. The molecule has 1 aliphatic heterocycles. The minimum atomic E-state index is -1.14. The fraction of sp³-hybridized carbons (Fsp3) is 0.750. The van der Waals surface area contributed by atoms with Crippen LogP contribution < -0.4 is 5.32 Å². The van der Waals surface area contributed by atoms with Crippen molar-refractivity contribution < 1.29 is 19.8 Å². The molecule has 1 unspecified atom stereocenters. The number of aliphatic hydroxyl groups excluding tert-OH is 2. The van der Waals surface area contributed by atoms with Crippen LogP contribution in [0.1, 0.15) is 90.8 Å². The van der Waals surface area contributed by atoms with Crippen LogP contribution in [0.25, 0.3) is 6.08 Å². The summed E-state index contributed by atoms with van der Waals surface area (Å²) < 4.78 is 0. The lowest BCUT2D eigenvalue weighted by Crippen LogP contribution is -2.47. The van der Waals surface area contributed by atoms with Crippen LogP contribution in [0.2, 0.25) is 0 Å². The molecule has 196 valence electrons. The van der Waals surface area contributed by atoms with Gasteiger partial charge in [0.25, 0.3) is 0 Å². The highest BCUT2D eigenvalue weighted by molar-refractivity contribution is 7.09. The topological polar surface area (TPSA) is 99.5 Å². The molecule has 3 N–H and O–H groups in total. The zero-order valence-corrected chi connectivity index (χ0v) is 23.2. The van der Waals surface area contributed by atoms with E-state index < -0.39 is 23.5 Å². The molecule has 1 saturated carbocycles. The van der Waals surface area contributed by atoms with E-state index in [-0.39, 0.29) is 35.5 Å². The molecule has 0 radical (unpaired) electrons. The number of thiazole rings is 1. The van der Waals surface area contributed by atoms with Crippen LogP contribution in [-0.2, 0) is 9.59 Å². The predicted molar refractivity (Wildman–Crippen MR) is 141 cm³/mol. The first-order chi connectivity index (χ1) is 16.2. The quantitative estimate of drug-likeness (QED) is 0.531. The maximum absolute atomic E-state index is 13.3. The molecule has 1 aliphatic carbocycles. The van der Waals surface area contributed by atoms with Crippen molar-refractivity contribution in [1.82, 2.24) is 10.3 Å². The fourth-order valence-electron chi connectivity index (χ4n) is 5.68. The van der Waals surface area contributed by atoms with Crippen LogP contribution in [0, 0.1) is 35.5 Å². The zero-order valence-electron chi connectivity index (χ0n) is 22.4. The van der Waals surface area contributed by atoms with Crippen molar-refractivity contribution in [1.29, 1.82) is 0 Å². The molecule has 6 nitrogen and oxygen atoms in total. The molecule has 3 rings (SSSR count). The summed E-state index contributed by atoms with van der Waals surface area (Å²) in [6.45, 7) is 13.4. The number of aryl methyl sites for hydroxylation is 1. The number of rotatable bonds is 2. The minimum absolute atomic E-state index is 0.00149. The lowest BCUT2D eigenvalue weighted by Gasteiger charge is -2.35. The average Bonchev–Trinajstić information content (AvgIpc) is 3.22. The molecule has 2 fully saturated rings. The Bertz CT molecular complexity index is 955. The van der Waals surface area contributed by atoms with Crippen molar-refractivity contribution in [2.75, 3.05) is 0 Å². The summed E-state index contributed by atoms with van der Waals surface area (Å²) >= 11 is 1.60. The van der Waals surface area contributed by atoms with Gasteiger partial charge >= 0.3 is 0 Å². The Morgan fingerprint density at radius 1 is 1.23 bits per heavy atom. The van der Waals surface area contributed by atoms with Gasteiger partial charge in [0, 0.05) is 11.3 Å². The molecule has 7 atom stereocenters. The van der Waals surface area contributed by atoms with Gasteiger partial charge in [-0.2, -0.15) is 0 Å². The molecule has 0 bridgehead atoms. The first-order valence-electron chi connectivity index (χ1n) is 13.0. The van der Waals surface area contributed by atoms with Crippen molar-refractivity contribution in [3.8, 4) is 0 Å². The Labute approximate surface area is 214 Å². The molecule has 0 aromatic carbocycles. The highest BCUT2D eigenvalue weighted by Crippen LogP contribution is 2.58. The number of fused-ring (bicyclic) bond motifs is 1. The number of amides is 1. The van der Waals surface area contributed by atoms with E-state index in [0.29, 0.717) is 5.92 Å². The summed E-state index contributed by atoms with van der Waals surface area (Å²) in [7, 11) is 0. The van der Waals surface area contributed by atoms with Crippen molar-refractivity contribution in [3.05, 3.63) is 21.7 Å². The van der Waals surface area contributed by atoms with Crippen LogP contribution in [0.15, 0.2) is 11.0 Å². The Morgan fingerprint density at radius 2 is 1.91 bits per heavy atom. The number of carbonyl (C=O) groups excluding carboxylic acids is 2. The van der Waals surface area contributed by atoms with Gasteiger partial charge in [-0.3, -0.25) is 9.59 Å². The average molecular weight is 505 g/mol. The van der Waals surface area contributed by atoms with Gasteiger partial charge in [0.2, 0.25) is 5.91 Å². The number of aromatic nitrogens is 1. The number of hydrogen-bond acceptors (Lipinski definition) is 6. The van der Waals surface area contributed by atoms with Crippen molar-refractivity contribution in [2.24, 2.45) is 28.6 Å². The van der Waals surface area contributed by atoms with Crippen LogP contribution >= 0.6 is 11.3 Å². The molecule has 0 spiro atoms. The number of carbonyl (C=O) groups is 2. The molecule has 7 heteroatoms. The minimum Gasteiger partial charge on any atom is -0.392 e. The molecule has 1 amide bonds. The predicted octanol–water partition coefficient (Wildman–Crippen LogP) is 4.92. The number of ketones is 1. The summed E-state index contributed by atoms with van der Waals surface area (Å²) in [6.07, 6.45) is 4.92. The monoisotopic (exact) mass is 504 g/mol. The van der Waals surface area contributed by atoms with Crippen molar-refractivity contribution in [2.45, 2.75) is 105 Å². The number of hydrogen-bond donors (Lipinski definition) is 3. The van der Waals surface area contributed by atoms with Crippen LogP contribution in [0.4, 0.5) is 0 Å². The van der Waals surface area contributed by atoms with E-state index in [9.17, 15) is 19.8 Å². The second-order valence-electron chi connectivity index (χ2n) is 12.0. The zero-order chi connectivity index (χ0) is 26.1. The normalized spacial score (nSPS) is 37.5. The smallest absolute Gasteiger partial charge is 0.223 e. The van der Waals surface area contributed by atoms with E-state index >= 15 is 0 Å². The first-order valence-corrected chi connectivity index (χ1v) is 13.9. The van der Waals surface area contributed by atoms with Gasteiger partial charge < -0.3 is 15.5 Å². The van der Waals surface area contributed by atoms with E-state index in [1.54, 1.807) is 32.1 Å². The SMILES string of the molecule is CC(=Cc1csc(C)n1)[C@@H]1C[C@@H]2C[C@]2(C)CCCC(C)[C@H](O)[C@@H](C)C(=O)C(C)(C)[C@@H](O)CC(=O)N1. The van der Waals surface area contributed by atoms with Crippen LogP contribution in [0.3, 0.4) is 0 Å². The molecular formula is C28H44N2O4S. The third-order valence-corrected chi connectivity index (χ3v) is 9.51. The van der Waals surface area contributed by atoms with Gasteiger partial charge in [0.15, 0.2) is 0 Å². The van der Waals surface area contributed by atoms with Crippen molar-refractivity contribution in [3.63, 3.8) is 0 Å². The van der Waals surface area contributed by atoms with Gasteiger partial charge in [-0.05, 0) is 68.4 Å². The number of Topliss-reactive ketones (excluding diaryl/α,β-unsaturated/α-hetero) is 1. The largest absolute Gasteiger partial charge is 0.392 e. The molecule has 35 heavy (non-hydrogen) atoms. The molecule has 1 aromatic rings. The Morgan fingerprint density at radius 3 is 2.54 bits per heavy atom. The number of nitrogens with one attached hydrogen (secondary N) is 1. The summed E-state index contributed by atoms with van der Waals surface area (Å²) in [5.41, 5.74) is 1.06. The molecule has 2 aliphatic rings. The van der Waals surface area contributed by atoms with E-state index in [2.05, 4.69) is 17.2 Å². The van der Waals surface area contributed by atoms with Crippen LogP contribution in [0.5, 0.6) is 0 Å².